The van der Waals surface area contributed by atoms with E-state index in [2.05, 4.69) is 37.9 Å². The molecule has 2 atom stereocenters. The van der Waals surface area contributed by atoms with Crippen molar-refractivity contribution in [1.29, 1.82) is 0 Å². The molecule has 0 radical (unpaired) electrons. The molecule has 0 saturated carbocycles. The van der Waals surface area contributed by atoms with E-state index in [1.165, 1.54) is 0 Å². The highest BCUT2D eigenvalue weighted by atomic mass is 16.5. The molecule has 0 aromatic heterocycles. The summed E-state index contributed by atoms with van der Waals surface area (Å²) < 4.78 is 16.3. The van der Waals surface area contributed by atoms with Gasteiger partial charge in [-0.1, -0.05) is 20.8 Å². The van der Waals surface area contributed by atoms with Gasteiger partial charge in [0.05, 0.1) is 32.5 Å². The molecule has 24 heavy (non-hydrogen) atoms. The van der Waals surface area contributed by atoms with Gasteiger partial charge in [0.15, 0.2) is 5.96 Å². The fourth-order valence-corrected chi connectivity index (χ4v) is 2.85. The van der Waals surface area contributed by atoms with Crippen molar-refractivity contribution < 1.29 is 14.2 Å². The highest BCUT2D eigenvalue weighted by Gasteiger charge is 2.27. The first-order valence-electron chi connectivity index (χ1n) is 9.05. The lowest BCUT2D eigenvalue weighted by Gasteiger charge is -2.29. The quantitative estimate of drug-likeness (QED) is 0.394. The van der Waals surface area contributed by atoms with Gasteiger partial charge in [-0.25, -0.2) is 0 Å². The minimum Gasteiger partial charge on any atom is -0.382 e. The van der Waals surface area contributed by atoms with Crippen LogP contribution in [0.1, 0.15) is 34.1 Å². The Morgan fingerprint density at radius 2 is 2.04 bits per heavy atom. The van der Waals surface area contributed by atoms with Crippen molar-refractivity contribution >= 4 is 5.96 Å². The van der Waals surface area contributed by atoms with Crippen LogP contribution in [-0.2, 0) is 14.2 Å². The van der Waals surface area contributed by atoms with Crippen LogP contribution >= 0.6 is 0 Å². The lowest BCUT2D eigenvalue weighted by molar-refractivity contribution is 0.0239. The average molecular weight is 344 g/mol. The molecule has 142 valence electrons. The van der Waals surface area contributed by atoms with Crippen molar-refractivity contribution in [2.75, 3.05) is 60.2 Å². The summed E-state index contributed by atoms with van der Waals surface area (Å²) in [5.74, 6) is 1.55. The molecule has 0 amide bonds. The van der Waals surface area contributed by atoms with Gasteiger partial charge in [0.1, 0.15) is 0 Å². The third kappa shape index (κ3) is 7.36. The maximum Gasteiger partial charge on any atom is 0.194 e. The van der Waals surface area contributed by atoms with E-state index in [1.807, 2.05) is 0 Å². The number of methoxy groups -OCH3 is 2. The molecular formula is C18H37N3O3. The first-order valence-corrected chi connectivity index (χ1v) is 9.05. The number of hydrogen-bond acceptors (Lipinski definition) is 4. The molecular weight excluding hydrogens is 306 g/mol. The van der Waals surface area contributed by atoms with Crippen molar-refractivity contribution in [2.24, 2.45) is 16.3 Å². The summed E-state index contributed by atoms with van der Waals surface area (Å²) in [4.78, 5) is 7.16. The number of rotatable bonds is 9. The maximum atomic E-state index is 5.67. The van der Waals surface area contributed by atoms with Gasteiger partial charge in [-0.05, 0) is 18.8 Å². The van der Waals surface area contributed by atoms with Crippen molar-refractivity contribution in [1.82, 2.24) is 10.2 Å². The predicted molar refractivity (Wildman–Crippen MR) is 98.6 cm³/mol. The van der Waals surface area contributed by atoms with Crippen LogP contribution in [0, 0.1) is 11.3 Å². The maximum absolute atomic E-state index is 5.67. The molecule has 1 N–H and O–H groups in total. The Morgan fingerprint density at radius 1 is 1.29 bits per heavy atom. The fourth-order valence-electron chi connectivity index (χ4n) is 2.85. The van der Waals surface area contributed by atoms with Gasteiger partial charge < -0.3 is 24.4 Å². The largest absolute Gasteiger partial charge is 0.382 e. The lowest BCUT2D eigenvalue weighted by Crippen LogP contribution is -2.41. The van der Waals surface area contributed by atoms with Crippen LogP contribution in [0.15, 0.2) is 4.99 Å². The number of ether oxygens (including phenoxy) is 3. The summed E-state index contributed by atoms with van der Waals surface area (Å²) in [7, 11) is 3.46. The van der Waals surface area contributed by atoms with Crippen LogP contribution in [-0.4, -0.2) is 77.2 Å². The molecule has 0 aromatic rings. The molecule has 0 aliphatic carbocycles. The summed E-state index contributed by atoms with van der Waals surface area (Å²) >= 11 is 0. The standard InChI is InChI=1S/C18H37N3O3/c1-7-19-17(20-12-16(23-6)18(2,3)4)21-9-8-15(13-21)14-24-11-10-22-5/h15-16H,7-14H2,1-6H3,(H,19,20). The summed E-state index contributed by atoms with van der Waals surface area (Å²) in [6.07, 6.45) is 1.26. The topological polar surface area (TPSA) is 55.3 Å². The van der Waals surface area contributed by atoms with Crippen molar-refractivity contribution in [2.45, 2.75) is 40.2 Å². The molecule has 0 bridgehead atoms. The highest BCUT2D eigenvalue weighted by molar-refractivity contribution is 5.80. The Hall–Kier alpha value is -0.850. The van der Waals surface area contributed by atoms with Gasteiger partial charge in [0.25, 0.3) is 0 Å². The highest BCUT2D eigenvalue weighted by Crippen LogP contribution is 2.22. The summed E-state index contributed by atoms with van der Waals surface area (Å²) in [6, 6.07) is 0. The van der Waals surface area contributed by atoms with E-state index in [0.717, 1.165) is 38.6 Å². The van der Waals surface area contributed by atoms with Crippen molar-refractivity contribution in [3.63, 3.8) is 0 Å². The number of aliphatic imine (C=N–C) groups is 1. The van der Waals surface area contributed by atoms with E-state index in [1.54, 1.807) is 14.2 Å². The van der Waals surface area contributed by atoms with E-state index >= 15 is 0 Å². The average Bonchev–Trinajstić information content (AvgIpc) is 2.98. The zero-order valence-corrected chi connectivity index (χ0v) is 16.4. The van der Waals surface area contributed by atoms with Crippen LogP contribution in [0.2, 0.25) is 0 Å². The third-order valence-corrected chi connectivity index (χ3v) is 4.36. The van der Waals surface area contributed by atoms with E-state index in [4.69, 9.17) is 19.2 Å². The molecule has 2 unspecified atom stereocenters. The minimum atomic E-state index is 0.0817. The minimum absolute atomic E-state index is 0.0817. The molecule has 0 aromatic carbocycles. The van der Waals surface area contributed by atoms with Crippen LogP contribution in [0.3, 0.4) is 0 Å². The van der Waals surface area contributed by atoms with Crippen LogP contribution in [0.4, 0.5) is 0 Å². The zero-order chi connectivity index (χ0) is 18.0. The SMILES string of the molecule is CCNC(=NCC(OC)C(C)(C)C)N1CCC(COCCOC)C1. The summed E-state index contributed by atoms with van der Waals surface area (Å²) in [5.41, 5.74) is 0.0817. The Kier molecular flexibility index (Phi) is 9.63. The smallest absolute Gasteiger partial charge is 0.194 e. The molecule has 0 spiro atoms. The van der Waals surface area contributed by atoms with Crippen LogP contribution in [0.5, 0.6) is 0 Å². The normalized spacial score (nSPS) is 20.5. The van der Waals surface area contributed by atoms with Gasteiger partial charge in [0.2, 0.25) is 0 Å². The van der Waals surface area contributed by atoms with Gasteiger partial charge in [-0.3, -0.25) is 4.99 Å². The number of likely N-dealkylation sites (tertiary alicyclic amines) is 1. The molecule has 1 aliphatic heterocycles. The van der Waals surface area contributed by atoms with Crippen molar-refractivity contribution in [3.8, 4) is 0 Å². The molecule has 6 heteroatoms. The van der Waals surface area contributed by atoms with Gasteiger partial charge in [-0.15, -0.1) is 0 Å². The van der Waals surface area contributed by atoms with E-state index < -0.39 is 0 Å². The second-order valence-corrected chi connectivity index (χ2v) is 7.45. The molecule has 1 rings (SSSR count). The monoisotopic (exact) mass is 343 g/mol. The van der Waals surface area contributed by atoms with Gasteiger partial charge in [-0.2, -0.15) is 0 Å². The Bertz CT molecular complexity index is 369. The number of nitrogens with one attached hydrogen (secondary N) is 1. The van der Waals surface area contributed by atoms with E-state index in [-0.39, 0.29) is 11.5 Å². The lowest BCUT2D eigenvalue weighted by atomic mass is 9.89. The molecule has 1 heterocycles. The molecule has 1 saturated heterocycles. The Balaban J connectivity index is 2.54. The molecule has 1 fully saturated rings. The first kappa shape index (κ1) is 21.2. The Labute approximate surface area is 147 Å². The second kappa shape index (κ2) is 10.9. The van der Waals surface area contributed by atoms with Crippen LogP contribution < -0.4 is 5.32 Å². The van der Waals surface area contributed by atoms with Gasteiger partial charge in [0, 0.05) is 39.8 Å². The molecule has 1 aliphatic rings. The summed E-state index contributed by atoms with van der Waals surface area (Å²) in [6.45, 7) is 14.4. The second-order valence-electron chi connectivity index (χ2n) is 7.45. The van der Waals surface area contributed by atoms with E-state index in [0.29, 0.717) is 25.7 Å². The van der Waals surface area contributed by atoms with Gasteiger partial charge >= 0.3 is 0 Å². The number of hydrogen-bond donors (Lipinski definition) is 1. The predicted octanol–water partition coefficient (Wildman–Crippen LogP) is 2.00. The first-order chi connectivity index (χ1) is 11.4. The van der Waals surface area contributed by atoms with E-state index in [9.17, 15) is 0 Å². The molecule has 6 nitrogen and oxygen atoms in total. The third-order valence-electron chi connectivity index (χ3n) is 4.36. The summed E-state index contributed by atoms with van der Waals surface area (Å²) in [5, 5.41) is 3.41. The zero-order valence-electron chi connectivity index (χ0n) is 16.4. The van der Waals surface area contributed by atoms with Crippen molar-refractivity contribution in [3.05, 3.63) is 0 Å². The van der Waals surface area contributed by atoms with Crippen LogP contribution in [0.25, 0.3) is 0 Å². The Morgan fingerprint density at radius 3 is 2.62 bits per heavy atom. The fraction of sp³-hybridized carbons (Fsp3) is 0.944. The number of guanidine groups is 1. The number of nitrogens with zero attached hydrogens (tertiary/aromatic N) is 2.